The molecule has 17 heavy (non-hydrogen) atoms. The summed E-state index contributed by atoms with van der Waals surface area (Å²) in [5, 5.41) is 0. The van der Waals surface area contributed by atoms with Crippen LogP contribution in [0.2, 0.25) is 0 Å². The Bertz CT molecular complexity index is 366. The lowest BCUT2D eigenvalue weighted by molar-refractivity contribution is 0.311. The molecular formula is C12H17Cl2FN2. The van der Waals surface area contributed by atoms with Crippen molar-refractivity contribution in [2.45, 2.75) is 5.88 Å². The van der Waals surface area contributed by atoms with E-state index in [2.05, 4.69) is 16.8 Å². The molecule has 0 unspecified atom stereocenters. The van der Waals surface area contributed by atoms with Gasteiger partial charge in [-0.15, -0.1) is 24.0 Å². The maximum atomic E-state index is 13.8. The molecule has 0 atom stereocenters. The Labute approximate surface area is 113 Å². The number of hydrogen-bond acceptors (Lipinski definition) is 2. The monoisotopic (exact) mass is 278 g/mol. The van der Waals surface area contributed by atoms with Crippen molar-refractivity contribution in [3.8, 4) is 0 Å². The van der Waals surface area contributed by atoms with Gasteiger partial charge >= 0.3 is 0 Å². The Hall–Kier alpha value is -0.510. The van der Waals surface area contributed by atoms with Crippen LogP contribution in [-0.4, -0.2) is 38.1 Å². The number of halogens is 3. The van der Waals surface area contributed by atoms with Crippen molar-refractivity contribution in [3.05, 3.63) is 29.6 Å². The average molecular weight is 279 g/mol. The maximum Gasteiger partial charge on any atom is 0.146 e. The zero-order chi connectivity index (χ0) is 11.5. The van der Waals surface area contributed by atoms with E-state index in [0.717, 1.165) is 31.7 Å². The number of alkyl halides is 1. The number of nitrogens with zero attached hydrogens (tertiary/aromatic N) is 2. The van der Waals surface area contributed by atoms with Gasteiger partial charge in [0.05, 0.1) is 5.69 Å². The van der Waals surface area contributed by atoms with Gasteiger partial charge in [-0.1, -0.05) is 6.07 Å². The van der Waals surface area contributed by atoms with Crippen LogP contribution in [0.5, 0.6) is 0 Å². The first-order valence-electron chi connectivity index (χ1n) is 5.48. The summed E-state index contributed by atoms with van der Waals surface area (Å²) in [4.78, 5) is 4.34. The number of anilines is 1. The second kappa shape index (κ2) is 6.43. The van der Waals surface area contributed by atoms with E-state index in [9.17, 15) is 4.39 Å². The number of rotatable bonds is 2. The zero-order valence-electron chi connectivity index (χ0n) is 9.83. The van der Waals surface area contributed by atoms with Crippen molar-refractivity contribution in [2.24, 2.45) is 0 Å². The molecule has 0 spiro atoms. The fraction of sp³-hybridized carbons (Fsp3) is 0.500. The van der Waals surface area contributed by atoms with Gasteiger partial charge in [0.1, 0.15) is 5.82 Å². The number of piperazine rings is 1. The Morgan fingerprint density at radius 1 is 1.24 bits per heavy atom. The van der Waals surface area contributed by atoms with Crippen LogP contribution in [0.4, 0.5) is 10.1 Å². The fourth-order valence-corrected chi connectivity index (χ4v) is 2.10. The molecule has 96 valence electrons. The smallest absolute Gasteiger partial charge is 0.146 e. The summed E-state index contributed by atoms with van der Waals surface area (Å²) in [7, 11) is 2.09. The first kappa shape index (κ1) is 14.6. The zero-order valence-corrected chi connectivity index (χ0v) is 11.4. The van der Waals surface area contributed by atoms with Gasteiger partial charge in [-0.3, -0.25) is 0 Å². The molecule has 1 saturated heterocycles. The lowest BCUT2D eigenvalue weighted by Gasteiger charge is -2.34. The molecule has 0 radical (unpaired) electrons. The lowest BCUT2D eigenvalue weighted by atomic mass is 10.2. The highest BCUT2D eigenvalue weighted by Gasteiger charge is 2.17. The van der Waals surface area contributed by atoms with Crippen molar-refractivity contribution in [2.75, 3.05) is 38.1 Å². The molecule has 2 nitrogen and oxygen atoms in total. The molecule has 1 aromatic carbocycles. The Kier molecular flexibility index (Phi) is 5.50. The van der Waals surface area contributed by atoms with E-state index in [-0.39, 0.29) is 18.2 Å². The third-order valence-corrected chi connectivity index (χ3v) is 3.32. The molecule has 1 heterocycles. The van der Waals surface area contributed by atoms with Gasteiger partial charge in [0.15, 0.2) is 0 Å². The van der Waals surface area contributed by atoms with Crippen LogP contribution in [0.3, 0.4) is 0 Å². The summed E-state index contributed by atoms with van der Waals surface area (Å²) in [6, 6.07) is 5.25. The van der Waals surface area contributed by atoms with E-state index in [1.807, 2.05) is 12.1 Å². The standard InChI is InChI=1S/C12H16ClFN2.ClH/c1-15-4-6-16(7-5-15)12-3-2-10(9-13)8-11(12)14;/h2-3,8H,4-7,9H2,1H3;1H. The third kappa shape index (κ3) is 3.47. The minimum atomic E-state index is -0.164. The van der Waals surface area contributed by atoms with E-state index >= 15 is 0 Å². The highest BCUT2D eigenvalue weighted by Crippen LogP contribution is 2.22. The molecule has 2 rings (SSSR count). The van der Waals surface area contributed by atoms with Gasteiger partial charge in [-0.05, 0) is 24.7 Å². The summed E-state index contributed by atoms with van der Waals surface area (Å²) in [6.45, 7) is 3.73. The molecule has 1 aliphatic rings. The van der Waals surface area contributed by atoms with Gasteiger partial charge in [-0.25, -0.2) is 4.39 Å². The van der Waals surface area contributed by atoms with Gasteiger partial charge < -0.3 is 9.80 Å². The molecule has 5 heteroatoms. The highest BCUT2D eigenvalue weighted by molar-refractivity contribution is 6.17. The summed E-state index contributed by atoms with van der Waals surface area (Å²) in [5.74, 6) is 0.197. The fourth-order valence-electron chi connectivity index (χ4n) is 1.94. The van der Waals surface area contributed by atoms with Gasteiger partial charge in [-0.2, -0.15) is 0 Å². The van der Waals surface area contributed by atoms with E-state index in [4.69, 9.17) is 11.6 Å². The molecule has 1 aliphatic heterocycles. The maximum absolute atomic E-state index is 13.8. The minimum Gasteiger partial charge on any atom is -0.367 e. The minimum absolute atomic E-state index is 0. The summed E-state index contributed by atoms with van der Waals surface area (Å²) in [5.41, 5.74) is 1.53. The largest absolute Gasteiger partial charge is 0.367 e. The first-order chi connectivity index (χ1) is 7.70. The summed E-state index contributed by atoms with van der Waals surface area (Å²) >= 11 is 5.67. The average Bonchev–Trinajstić information content (AvgIpc) is 2.30. The molecule has 0 bridgehead atoms. The first-order valence-corrected chi connectivity index (χ1v) is 6.02. The van der Waals surface area contributed by atoms with Crippen LogP contribution >= 0.6 is 24.0 Å². The van der Waals surface area contributed by atoms with Crippen LogP contribution in [0.25, 0.3) is 0 Å². The van der Waals surface area contributed by atoms with Crippen LogP contribution in [-0.2, 0) is 5.88 Å². The normalized spacial score (nSPS) is 16.8. The molecule has 1 aromatic rings. The molecule has 0 saturated carbocycles. The highest BCUT2D eigenvalue weighted by atomic mass is 35.5. The second-order valence-electron chi connectivity index (χ2n) is 4.21. The number of hydrogen-bond donors (Lipinski definition) is 0. The van der Waals surface area contributed by atoms with E-state index in [1.165, 1.54) is 6.07 Å². The number of likely N-dealkylation sites (N-methyl/N-ethyl adjacent to an activating group) is 1. The predicted octanol–water partition coefficient (Wildman–Crippen LogP) is 2.74. The van der Waals surface area contributed by atoms with Crippen molar-refractivity contribution >= 4 is 29.7 Å². The van der Waals surface area contributed by atoms with Crippen LogP contribution in [0.15, 0.2) is 18.2 Å². The third-order valence-electron chi connectivity index (χ3n) is 3.01. The Morgan fingerprint density at radius 3 is 2.41 bits per heavy atom. The van der Waals surface area contributed by atoms with Crippen molar-refractivity contribution < 1.29 is 4.39 Å². The quantitative estimate of drug-likeness (QED) is 0.768. The summed E-state index contributed by atoms with van der Waals surface area (Å²) in [6.07, 6.45) is 0. The summed E-state index contributed by atoms with van der Waals surface area (Å²) < 4.78 is 13.8. The Morgan fingerprint density at radius 2 is 1.88 bits per heavy atom. The van der Waals surface area contributed by atoms with Gasteiger partial charge in [0, 0.05) is 32.1 Å². The number of benzene rings is 1. The van der Waals surface area contributed by atoms with Gasteiger partial charge in [0.25, 0.3) is 0 Å². The second-order valence-corrected chi connectivity index (χ2v) is 4.48. The van der Waals surface area contributed by atoms with Crippen molar-refractivity contribution in [1.82, 2.24) is 4.90 Å². The van der Waals surface area contributed by atoms with Crippen molar-refractivity contribution in [3.63, 3.8) is 0 Å². The van der Waals surface area contributed by atoms with Crippen LogP contribution < -0.4 is 4.90 Å². The van der Waals surface area contributed by atoms with Crippen molar-refractivity contribution in [1.29, 1.82) is 0 Å². The molecule has 0 aromatic heterocycles. The van der Waals surface area contributed by atoms with Crippen LogP contribution in [0.1, 0.15) is 5.56 Å². The SMILES string of the molecule is CN1CCN(c2ccc(CCl)cc2F)CC1.Cl. The van der Waals surface area contributed by atoms with E-state index in [1.54, 1.807) is 0 Å². The Balaban J connectivity index is 0.00000144. The predicted molar refractivity (Wildman–Crippen MR) is 72.9 cm³/mol. The molecular weight excluding hydrogens is 262 g/mol. The molecule has 0 amide bonds. The lowest BCUT2D eigenvalue weighted by Crippen LogP contribution is -2.44. The van der Waals surface area contributed by atoms with E-state index in [0.29, 0.717) is 11.6 Å². The van der Waals surface area contributed by atoms with Crippen LogP contribution in [0, 0.1) is 5.82 Å². The molecule has 1 fully saturated rings. The topological polar surface area (TPSA) is 6.48 Å². The molecule has 0 aliphatic carbocycles. The van der Waals surface area contributed by atoms with Gasteiger partial charge in [0.2, 0.25) is 0 Å². The molecule has 0 N–H and O–H groups in total. The van der Waals surface area contributed by atoms with E-state index < -0.39 is 0 Å².